The molecule has 2 N–H and O–H groups in total. The zero-order valence-electron chi connectivity index (χ0n) is 21.4. The van der Waals surface area contributed by atoms with Crippen molar-refractivity contribution in [2.24, 2.45) is 40.9 Å². The molecule has 2 nitrogen and oxygen atoms in total. The smallest absolute Gasteiger partial charge is 0.0728 e. The van der Waals surface area contributed by atoms with Crippen LogP contribution >= 0.6 is 18.5 Å². The first-order valence-corrected chi connectivity index (χ1v) is 19.0. The fraction of sp³-hybridized carbons (Fsp3) is 0.857. The van der Waals surface area contributed by atoms with E-state index in [0.717, 1.165) is 35.5 Å². The standard InChI is InChI=1S/C28H48N2P2Si/c1-33(2,3)23-11-24(27-13-18-8-19(14-27)10-20(9-18)26(27)17-31)25(12-23)28(32,21-4-6-29-15-21)22-5-7-30-16-22/h11,18-22,26,29-30H,4-10,12-17,31-32H2,1-3H3. The highest BCUT2D eigenvalue weighted by molar-refractivity contribution is 7.19. The lowest BCUT2D eigenvalue weighted by Gasteiger charge is -2.62. The Balaban J connectivity index is 1.52. The molecule has 7 aliphatic rings. The summed E-state index contributed by atoms with van der Waals surface area (Å²) in [7, 11) is 5.48. The van der Waals surface area contributed by atoms with Crippen LogP contribution in [0.25, 0.3) is 0 Å². The van der Waals surface area contributed by atoms with Gasteiger partial charge >= 0.3 is 0 Å². The molecule has 7 rings (SSSR count). The molecule has 2 aliphatic heterocycles. The van der Waals surface area contributed by atoms with Gasteiger partial charge in [0.25, 0.3) is 0 Å². The van der Waals surface area contributed by atoms with Gasteiger partial charge in [-0.25, -0.2) is 0 Å². The van der Waals surface area contributed by atoms with Crippen molar-refractivity contribution in [2.75, 3.05) is 32.3 Å². The zero-order valence-corrected chi connectivity index (χ0v) is 24.7. The lowest BCUT2D eigenvalue weighted by atomic mass is 9.43. The summed E-state index contributed by atoms with van der Waals surface area (Å²) in [6, 6.07) is 0. The van der Waals surface area contributed by atoms with Crippen LogP contribution in [-0.4, -0.2) is 45.6 Å². The van der Waals surface area contributed by atoms with Gasteiger partial charge in [-0.05, 0) is 130 Å². The Kier molecular flexibility index (Phi) is 6.15. The Morgan fingerprint density at radius 1 is 1.00 bits per heavy atom. The van der Waals surface area contributed by atoms with Gasteiger partial charge in [-0.1, -0.05) is 36.5 Å². The molecule has 0 aromatic carbocycles. The third-order valence-electron chi connectivity index (χ3n) is 11.3. The molecule has 2 heterocycles. The summed E-state index contributed by atoms with van der Waals surface area (Å²) in [5.74, 6) is 5.45. The first kappa shape index (κ1) is 23.9. The average Bonchev–Trinajstić information content (AvgIpc) is 3.54. The van der Waals surface area contributed by atoms with E-state index in [2.05, 4.69) is 54.8 Å². The van der Waals surface area contributed by atoms with Gasteiger partial charge in [0.15, 0.2) is 0 Å². The summed E-state index contributed by atoms with van der Waals surface area (Å²) in [5.41, 5.74) is 4.30. The highest BCUT2D eigenvalue weighted by atomic mass is 31.0. The van der Waals surface area contributed by atoms with Gasteiger partial charge in [0.2, 0.25) is 0 Å². The van der Waals surface area contributed by atoms with Crippen LogP contribution in [0.4, 0.5) is 0 Å². The predicted octanol–water partition coefficient (Wildman–Crippen LogP) is 5.64. The Morgan fingerprint density at radius 3 is 2.09 bits per heavy atom. The monoisotopic (exact) mass is 502 g/mol. The summed E-state index contributed by atoms with van der Waals surface area (Å²) < 4.78 is 0. The van der Waals surface area contributed by atoms with Crippen LogP contribution in [-0.2, 0) is 0 Å². The maximum atomic E-state index is 3.77. The van der Waals surface area contributed by atoms with Crippen molar-refractivity contribution < 1.29 is 0 Å². The molecule has 6 fully saturated rings. The van der Waals surface area contributed by atoms with E-state index < -0.39 is 8.07 Å². The van der Waals surface area contributed by atoms with Crippen molar-refractivity contribution in [3.8, 4) is 0 Å². The molecule has 4 saturated carbocycles. The molecule has 4 bridgehead atoms. The van der Waals surface area contributed by atoms with Crippen molar-refractivity contribution in [3.63, 3.8) is 0 Å². The maximum absolute atomic E-state index is 3.77. The van der Waals surface area contributed by atoms with Gasteiger partial charge in [0.05, 0.1) is 8.07 Å². The normalized spacial score (nSPS) is 44.6. The molecule has 7 unspecified atom stereocenters. The second kappa shape index (κ2) is 8.51. The van der Waals surface area contributed by atoms with E-state index in [1.807, 2.05) is 16.3 Å². The molecule has 7 atom stereocenters. The third-order valence-corrected chi connectivity index (χ3v) is 15.3. The van der Waals surface area contributed by atoms with Crippen LogP contribution in [0.1, 0.15) is 51.4 Å². The molecule has 5 heteroatoms. The van der Waals surface area contributed by atoms with Gasteiger partial charge in [-0.2, -0.15) is 0 Å². The SMILES string of the molecule is C[Si](C)(C)C1=CC(C23CC4CC(CC(C4)C2CP)C3)=C(C(P)(C2CCNC2)C2CCNC2)C1. The van der Waals surface area contributed by atoms with Crippen LogP contribution < -0.4 is 10.6 Å². The fourth-order valence-corrected chi connectivity index (χ4v) is 12.8. The van der Waals surface area contributed by atoms with Gasteiger partial charge in [-0.15, -0.1) is 18.5 Å². The second-order valence-electron chi connectivity index (χ2n) is 13.9. The van der Waals surface area contributed by atoms with E-state index >= 15 is 0 Å². The van der Waals surface area contributed by atoms with E-state index in [0.29, 0.717) is 5.41 Å². The van der Waals surface area contributed by atoms with Gasteiger partial charge in [-0.3, -0.25) is 0 Å². The van der Waals surface area contributed by atoms with Crippen LogP contribution in [0.2, 0.25) is 19.6 Å². The summed E-state index contributed by atoms with van der Waals surface area (Å²) >= 11 is 0. The summed E-state index contributed by atoms with van der Waals surface area (Å²) in [6.07, 6.45) is 15.8. The highest BCUT2D eigenvalue weighted by Gasteiger charge is 2.60. The Bertz CT molecular complexity index is 816. The molecule has 0 spiro atoms. The summed E-state index contributed by atoms with van der Waals surface area (Å²) in [5, 5.41) is 9.67. The minimum atomic E-state index is -1.34. The number of hydrogen-bond acceptors (Lipinski definition) is 2. The first-order chi connectivity index (χ1) is 15.8. The third kappa shape index (κ3) is 3.69. The van der Waals surface area contributed by atoms with Crippen molar-refractivity contribution >= 4 is 26.6 Å². The minimum Gasteiger partial charge on any atom is -0.316 e. The Hall–Kier alpha value is 0.477. The second-order valence-corrected chi connectivity index (χ2v) is 20.5. The lowest BCUT2D eigenvalue weighted by Crippen LogP contribution is -2.55. The van der Waals surface area contributed by atoms with Crippen molar-refractivity contribution in [1.82, 2.24) is 10.6 Å². The highest BCUT2D eigenvalue weighted by Crippen LogP contribution is 2.68. The van der Waals surface area contributed by atoms with Crippen molar-refractivity contribution in [2.45, 2.75) is 76.2 Å². The molecule has 0 amide bonds. The van der Waals surface area contributed by atoms with Crippen molar-refractivity contribution in [1.29, 1.82) is 0 Å². The molecule has 33 heavy (non-hydrogen) atoms. The molecule has 0 aromatic rings. The molecule has 5 aliphatic carbocycles. The summed E-state index contributed by atoms with van der Waals surface area (Å²) in [6.45, 7) is 12.7. The van der Waals surface area contributed by atoms with E-state index in [1.165, 1.54) is 77.3 Å². The average molecular weight is 503 g/mol. The molecular formula is C28H48N2P2Si. The minimum absolute atomic E-state index is 0.273. The predicted molar refractivity (Wildman–Crippen MR) is 152 cm³/mol. The summed E-state index contributed by atoms with van der Waals surface area (Å²) in [4.78, 5) is 0. The molecule has 184 valence electrons. The number of nitrogens with one attached hydrogen (secondary N) is 2. The molecular weight excluding hydrogens is 454 g/mol. The van der Waals surface area contributed by atoms with Crippen LogP contribution in [0.3, 0.4) is 0 Å². The first-order valence-electron chi connectivity index (χ1n) is 14.1. The van der Waals surface area contributed by atoms with Crippen LogP contribution in [0.15, 0.2) is 22.4 Å². The largest absolute Gasteiger partial charge is 0.316 e. The lowest BCUT2D eigenvalue weighted by molar-refractivity contribution is -0.0766. The van der Waals surface area contributed by atoms with E-state index in [4.69, 9.17) is 0 Å². The van der Waals surface area contributed by atoms with Gasteiger partial charge in [0.1, 0.15) is 0 Å². The quantitative estimate of drug-likeness (QED) is 0.363. The Morgan fingerprint density at radius 2 is 1.61 bits per heavy atom. The topological polar surface area (TPSA) is 24.1 Å². The molecule has 2 saturated heterocycles. The fourth-order valence-electron chi connectivity index (χ4n) is 9.84. The molecule has 0 aromatic heterocycles. The van der Waals surface area contributed by atoms with E-state index in [-0.39, 0.29) is 5.16 Å². The molecule has 0 radical (unpaired) electrons. The van der Waals surface area contributed by atoms with E-state index in [9.17, 15) is 0 Å². The van der Waals surface area contributed by atoms with Crippen LogP contribution in [0, 0.1) is 40.9 Å². The number of allylic oxidation sites excluding steroid dienone is 4. The van der Waals surface area contributed by atoms with E-state index in [1.54, 1.807) is 6.42 Å². The maximum Gasteiger partial charge on any atom is 0.0728 e. The van der Waals surface area contributed by atoms with Crippen LogP contribution in [0.5, 0.6) is 0 Å². The number of hydrogen-bond donors (Lipinski definition) is 2. The number of rotatable bonds is 6. The zero-order chi connectivity index (χ0) is 23.0. The van der Waals surface area contributed by atoms with Gasteiger partial charge in [0, 0.05) is 5.16 Å². The Labute approximate surface area is 208 Å². The van der Waals surface area contributed by atoms with Crippen molar-refractivity contribution in [3.05, 3.63) is 22.4 Å². The van der Waals surface area contributed by atoms with Gasteiger partial charge < -0.3 is 10.6 Å².